The number of thioether (sulfide) groups is 2. The van der Waals surface area contributed by atoms with E-state index in [1.807, 2.05) is 35.3 Å². The van der Waals surface area contributed by atoms with Crippen LogP contribution in [0.15, 0.2) is 6.20 Å². The summed E-state index contributed by atoms with van der Waals surface area (Å²) in [5.41, 5.74) is 1.08. The average molecular weight is 322 g/mol. The second-order valence-corrected chi connectivity index (χ2v) is 7.25. The van der Waals surface area contributed by atoms with Crippen LogP contribution in [0, 0.1) is 0 Å². The summed E-state index contributed by atoms with van der Waals surface area (Å²) in [5, 5.41) is 9.06. The number of halogens is 1. The highest BCUT2D eigenvalue weighted by Gasteiger charge is 2.29. The summed E-state index contributed by atoms with van der Waals surface area (Å²) in [6.45, 7) is 1.38. The molecule has 19 heavy (non-hydrogen) atoms. The monoisotopic (exact) mass is 321 g/mol. The molecule has 1 aliphatic rings. The number of ether oxygens (including phenoxy) is 1. The van der Waals surface area contributed by atoms with Crippen molar-refractivity contribution in [2.45, 2.75) is 17.8 Å². The highest BCUT2D eigenvalue weighted by molar-refractivity contribution is 8.06. The molecule has 0 saturated carbocycles. The molecule has 0 amide bonds. The van der Waals surface area contributed by atoms with Crippen molar-refractivity contribution < 1.29 is 4.74 Å². The smallest absolute Gasteiger partial charge is 0.0834 e. The second kappa shape index (κ2) is 7.78. The normalized spacial score (nSPS) is 21.5. The molecule has 0 bridgehead atoms. The standard InChI is InChI=1S/C12H20ClN3OS2/c1-14-11(10-8-18-5-6-19-10)12-9(13)7-15-16(12)3-4-17-2/h7,10-11,14H,3-6,8H2,1-2H3. The van der Waals surface area contributed by atoms with E-state index in [1.165, 1.54) is 11.5 Å². The summed E-state index contributed by atoms with van der Waals surface area (Å²) >= 11 is 10.4. The summed E-state index contributed by atoms with van der Waals surface area (Å²) in [5.74, 6) is 3.60. The molecule has 1 aromatic heterocycles. The Morgan fingerprint density at radius 1 is 1.63 bits per heavy atom. The second-order valence-electron chi connectivity index (χ2n) is 4.34. The molecule has 1 N–H and O–H groups in total. The van der Waals surface area contributed by atoms with Gasteiger partial charge in [-0.25, -0.2) is 0 Å². The Balaban J connectivity index is 2.18. The lowest BCUT2D eigenvalue weighted by Gasteiger charge is -2.30. The van der Waals surface area contributed by atoms with E-state index >= 15 is 0 Å². The lowest BCUT2D eigenvalue weighted by Crippen LogP contribution is -2.33. The van der Waals surface area contributed by atoms with Crippen molar-refractivity contribution in [3.63, 3.8) is 0 Å². The number of methoxy groups -OCH3 is 1. The lowest BCUT2D eigenvalue weighted by atomic mass is 10.1. The van der Waals surface area contributed by atoms with Gasteiger partial charge in [-0.2, -0.15) is 28.6 Å². The molecule has 1 fully saturated rings. The van der Waals surface area contributed by atoms with Gasteiger partial charge >= 0.3 is 0 Å². The van der Waals surface area contributed by atoms with Crippen LogP contribution in [0.1, 0.15) is 11.7 Å². The Morgan fingerprint density at radius 3 is 3.11 bits per heavy atom. The molecule has 108 valence electrons. The van der Waals surface area contributed by atoms with Gasteiger partial charge in [0.1, 0.15) is 0 Å². The summed E-state index contributed by atoms with van der Waals surface area (Å²) < 4.78 is 7.10. The van der Waals surface area contributed by atoms with Crippen LogP contribution in [0.5, 0.6) is 0 Å². The fraction of sp³-hybridized carbons (Fsp3) is 0.750. The number of nitrogens with one attached hydrogen (secondary N) is 1. The van der Waals surface area contributed by atoms with Crippen LogP contribution in [-0.4, -0.2) is 53.1 Å². The summed E-state index contributed by atoms with van der Waals surface area (Å²) in [4.78, 5) is 0. The fourth-order valence-corrected chi connectivity index (χ4v) is 5.37. The van der Waals surface area contributed by atoms with Crippen LogP contribution >= 0.6 is 35.1 Å². The number of aromatic nitrogens is 2. The molecule has 2 unspecified atom stereocenters. The van der Waals surface area contributed by atoms with E-state index < -0.39 is 0 Å². The van der Waals surface area contributed by atoms with Crippen LogP contribution in [0.3, 0.4) is 0 Å². The first kappa shape index (κ1) is 15.5. The third-order valence-electron chi connectivity index (χ3n) is 3.16. The van der Waals surface area contributed by atoms with Gasteiger partial charge in [-0.05, 0) is 7.05 Å². The highest BCUT2D eigenvalue weighted by atomic mass is 35.5. The zero-order chi connectivity index (χ0) is 13.7. The molecule has 1 aromatic rings. The Kier molecular flexibility index (Phi) is 6.35. The molecule has 2 heterocycles. The zero-order valence-corrected chi connectivity index (χ0v) is 13.7. The van der Waals surface area contributed by atoms with Gasteiger partial charge in [0.2, 0.25) is 0 Å². The molecular weight excluding hydrogens is 302 g/mol. The number of rotatable bonds is 6. The summed E-state index contributed by atoms with van der Waals surface area (Å²) in [6, 6.07) is 0.240. The van der Waals surface area contributed by atoms with Crippen molar-refractivity contribution in [2.75, 3.05) is 38.0 Å². The van der Waals surface area contributed by atoms with E-state index in [9.17, 15) is 0 Å². The van der Waals surface area contributed by atoms with Gasteiger partial charge in [-0.3, -0.25) is 4.68 Å². The SMILES string of the molecule is CNC(c1c(Cl)cnn1CCOC)C1CSCCS1. The zero-order valence-electron chi connectivity index (χ0n) is 11.3. The molecule has 7 heteroatoms. The molecule has 0 aromatic carbocycles. The molecule has 0 aliphatic carbocycles. The molecular formula is C12H20ClN3OS2. The quantitative estimate of drug-likeness (QED) is 0.870. The van der Waals surface area contributed by atoms with Gasteiger partial charge in [0.05, 0.1) is 36.1 Å². The number of hydrogen-bond donors (Lipinski definition) is 1. The van der Waals surface area contributed by atoms with Crippen LogP contribution in [0.25, 0.3) is 0 Å². The van der Waals surface area contributed by atoms with Crippen molar-refractivity contribution >= 4 is 35.1 Å². The van der Waals surface area contributed by atoms with E-state index in [4.69, 9.17) is 16.3 Å². The first-order chi connectivity index (χ1) is 9.27. The topological polar surface area (TPSA) is 39.1 Å². The van der Waals surface area contributed by atoms with E-state index in [1.54, 1.807) is 13.3 Å². The van der Waals surface area contributed by atoms with Crippen molar-refractivity contribution in [2.24, 2.45) is 0 Å². The van der Waals surface area contributed by atoms with Gasteiger partial charge in [-0.1, -0.05) is 11.6 Å². The van der Waals surface area contributed by atoms with Crippen molar-refractivity contribution in [1.29, 1.82) is 0 Å². The minimum atomic E-state index is 0.240. The van der Waals surface area contributed by atoms with Crippen LogP contribution in [0.2, 0.25) is 5.02 Å². The van der Waals surface area contributed by atoms with E-state index in [2.05, 4.69) is 10.4 Å². The predicted molar refractivity (Wildman–Crippen MR) is 84.5 cm³/mol. The molecule has 0 radical (unpaired) electrons. The summed E-state index contributed by atoms with van der Waals surface area (Å²) in [6.07, 6.45) is 1.73. The Morgan fingerprint density at radius 2 is 2.47 bits per heavy atom. The van der Waals surface area contributed by atoms with Gasteiger partial charge in [0.15, 0.2) is 0 Å². The molecule has 1 aliphatic heterocycles. The highest BCUT2D eigenvalue weighted by Crippen LogP contribution is 2.35. The fourth-order valence-electron chi connectivity index (χ4n) is 2.23. The molecule has 2 atom stereocenters. The maximum atomic E-state index is 6.34. The Bertz CT molecular complexity index is 396. The van der Waals surface area contributed by atoms with E-state index in [0.29, 0.717) is 11.9 Å². The average Bonchev–Trinajstić information content (AvgIpc) is 2.80. The van der Waals surface area contributed by atoms with Crippen molar-refractivity contribution in [1.82, 2.24) is 15.1 Å². The maximum Gasteiger partial charge on any atom is 0.0834 e. The van der Waals surface area contributed by atoms with Gasteiger partial charge in [0.25, 0.3) is 0 Å². The minimum Gasteiger partial charge on any atom is -0.383 e. The van der Waals surface area contributed by atoms with Gasteiger partial charge < -0.3 is 10.1 Å². The molecule has 1 saturated heterocycles. The largest absolute Gasteiger partial charge is 0.383 e. The first-order valence-corrected chi connectivity index (χ1v) is 8.92. The molecule has 2 rings (SSSR count). The van der Waals surface area contributed by atoms with Crippen molar-refractivity contribution in [3.8, 4) is 0 Å². The first-order valence-electron chi connectivity index (χ1n) is 6.34. The third-order valence-corrected chi connectivity index (χ3v) is 6.31. The van der Waals surface area contributed by atoms with Crippen molar-refractivity contribution in [3.05, 3.63) is 16.9 Å². The van der Waals surface area contributed by atoms with Crippen LogP contribution in [-0.2, 0) is 11.3 Å². The molecule has 0 spiro atoms. The van der Waals surface area contributed by atoms with E-state index in [-0.39, 0.29) is 6.04 Å². The minimum absolute atomic E-state index is 0.240. The van der Waals surface area contributed by atoms with E-state index in [0.717, 1.165) is 23.0 Å². The van der Waals surface area contributed by atoms with Gasteiger partial charge in [0, 0.05) is 29.6 Å². The number of nitrogens with zero attached hydrogens (tertiary/aromatic N) is 2. The van der Waals surface area contributed by atoms with Gasteiger partial charge in [-0.15, -0.1) is 0 Å². The third kappa shape index (κ3) is 3.82. The molecule has 4 nitrogen and oxygen atoms in total. The summed E-state index contributed by atoms with van der Waals surface area (Å²) in [7, 11) is 3.70. The van der Waals surface area contributed by atoms with Crippen LogP contribution < -0.4 is 5.32 Å². The number of hydrogen-bond acceptors (Lipinski definition) is 5. The lowest BCUT2D eigenvalue weighted by molar-refractivity contribution is 0.181. The van der Waals surface area contributed by atoms with Crippen LogP contribution in [0.4, 0.5) is 0 Å². The Hall–Kier alpha value is 0.120. The Labute approximate surface area is 128 Å². The maximum absolute atomic E-state index is 6.34. The predicted octanol–water partition coefficient (Wildman–Crippen LogP) is 2.29.